The van der Waals surface area contributed by atoms with E-state index < -0.39 is 190 Å². The van der Waals surface area contributed by atoms with Crippen molar-refractivity contribution >= 4 is 47.8 Å². The Labute approximate surface area is 683 Å². The van der Waals surface area contributed by atoms with E-state index in [0.717, 1.165) is 12.8 Å². The van der Waals surface area contributed by atoms with Crippen LogP contribution in [-0.4, -0.2) is 196 Å². The molecule has 0 radical (unpaired) electrons. The highest BCUT2D eigenvalue weighted by Crippen LogP contribution is 2.45. The Balaban J connectivity index is 0.878. The monoisotopic (exact) mass is 1620 g/mol. The zero-order chi connectivity index (χ0) is 82.1. The fraction of sp³-hybridized carbons (Fsp3) is 0.319. The number of esters is 7. The fourth-order valence-corrected chi connectivity index (χ4v) is 14.6. The number of fused-ring (bicyclic) bond motifs is 2. The summed E-state index contributed by atoms with van der Waals surface area (Å²) in [6.45, 7) is 0.956. The van der Waals surface area contributed by atoms with Gasteiger partial charge in [-0.3, -0.25) is 0 Å². The van der Waals surface area contributed by atoms with Crippen LogP contribution >= 0.6 is 0 Å². The Bertz CT molecular complexity index is 4850. The van der Waals surface area contributed by atoms with E-state index in [4.69, 9.17) is 90.0 Å². The molecule has 616 valence electrons. The number of carbonyl (C=O) groups excluding carboxylic acids is 7. The molecule has 6 fully saturated rings. The van der Waals surface area contributed by atoms with Gasteiger partial charge in [-0.05, 0) is 91.3 Å². The van der Waals surface area contributed by atoms with E-state index in [9.17, 15) is 33.9 Å². The fourth-order valence-electron chi connectivity index (χ4n) is 14.6. The second kappa shape index (κ2) is 39.2. The molecule has 6 saturated heterocycles. The van der Waals surface area contributed by atoms with E-state index in [-0.39, 0.29) is 52.2 Å². The van der Waals surface area contributed by atoms with E-state index in [1.165, 1.54) is 109 Å². The molecule has 0 saturated carbocycles. The van der Waals surface area contributed by atoms with Gasteiger partial charge in [-0.25, -0.2) is 38.4 Å². The summed E-state index contributed by atoms with van der Waals surface area (Å²) in [5.74, 6) is -8.89. The van der Waals surface area contributed by atoms with Crippen molar-refractivity contribution in [2.45, 2.75) is 155 Å². The number of ether oxygens (including phenoxy) is 19. The molecule has 15 rings (SSSR count). The molecular weight excluding hydrogens is 1540 g/mol. The van der Waals surface area contributed by atoms with Gasteiger partial charge in [0.25, 0.3) is 0 Å². The number of hydrogen-bond donors (Lipinski definition) is 1. The van der Waals surface area contributed by atoms with E-state index in [1.54, 1.807) is 164 Å². The molecular formula is C91H84O28. The Kier molecular flexibility index (Phi) is 27.1. The van der Waals surface area contributed by atoms with Crippen LogP contribution in [0.15, 0.2) is 273 Å². The van der Waals surface area contributed by atoms with Crippen LogP contribution < -0.4 is 0 Å². The summed E-state index contributed by atoms with van der Waals surface area (Å²) in [6.07, 6.45) is -35.1. The van der Waals surface area contributed by atoms with Crippen molar-refractivity contribution in [1.82, 2.24) is 0 Å². The van der Waals surface area contributed by atoms with Gasteiger partial charge in [-0.2, -0.15) is 0 Å². The molecule has 28 nitrogen and oxygen atoms in total. The molecule has 0 spiro atoms. The van der Waals surface area contributed by atoms with Crippen LogP contribution in [0.2, 0.25) is 0 Å². The van der Waals surface area contributed by atoms with Crippen molar-refractivity contribution in [3.63, 3.8) is 0 Å². The van der Waals surface area contributed by atoms with Crippen molar-refractivity contribution in [3.05, 3.63) is 323 Å². The van der Waals surface area contributed by atoms with Gasteiger partial charge in [-0.1, -0.05) is 208 Å². The lowest BCUT2D eigenvalue weighted by molar-refractivity contribution is -0.418. The molecule has 6 aliphatic rings. The Morgan fingerprint density at radius 2 is 0.597 bits per heavy atom. The molecule has 0 aromatic heterocycles. The van der Waals surface area contributed by atoms with Crippen molar-refractivity contribution in [2.24, 2.45) is 0 Å². The van der Waals surface area contributed by atoms with Crippen molar-refractivity contribution in [2.75, 3.05) is 26.4 Å². The number of carboxylic acid groups (broad SMARTS) is 1. The maximum Gasteiger partial charge on any atom is 0.338 e. The molecule has 1 N–H and O–H groups in total. The first kappa shape index (κ1) is 82.4. The standard InChI is InChI=1S/C91H84O28/c1-2-3-31-50-101-88-74(111-82(97)57-38-19-7-20-39-57)68(108-79(94)54-32-13-4-14-33-54)65(53-104-88)106-89-75(112-83(98)58-40-21-8-22-41-58)69(66-63(105-89)51-102-86(115-66)61-46-27-11-28-47-61)117-90-76(113-84(99)59-42-23-9-24-43-59)70(67-64(107-90)52-103-87(116-67)62-48-29-12-30-49-62)118-91-77(114-85(100)60-44-25-10-26-45-60)72(110-81(96)56-36-17-6-18-37-56)71(73(119-91)78(92)93)109-80(95)55-34-15-5-16-35-55/h4-30,32-49,63-77,86-91H,2-3,31,50-53H2,1H3,(H,92,93)/t63-,64-,65-,66+,67+,68+,69+,70+,71+,72+,73+,74-,75-,76-,77-,86+,87+,88-,89+,90+,91-/m1/s1. The van der Waals surface area contributed by atoms with Gasteiger partial charge in [0.05, 0.1) is 58.8 Å². The maximum absolute atomic E-state index is 15.5. The first-order valence-electron chi connectivity index (χ1n) is 39.0. The summed E-state index contributed by atoms with van der Waals surface area (Å²) in [5, 5.41) is 11.5. The van der Waals surface area contributed by atoms with Crippen LogP contribution in [0.5, 0.6) is 0 Å². The van der Waals surface area contributed by atoms with Crippen LogP contribution in [0.25, 0.3) is 0 Å². The lowest BCUT2D eigenvalue weighted by atomic mass is 9.94. The predicted molar refractivity (Wildman–Crippen MR) is 413 cm³/mol. The second-order valence-corrected chi connectivity index (χ2v) is 28.5. The third-order valence-corrected chi connectivity index (χ3v) is 20.5. The Morgan fingerprint density at radius 3 is 0.941 bits per heavy atom. The summed E-state index contributed by atoms with van der Waals surface area (Å²) in [6, 6.07) is 71.7. The van der Waals surface area contributed by atoms with Crippen LogP contribution in [0, 0.1) is 0 Å². The van der Waals surface area contributed by atoms with Crippen molar-refractivity contribution in [1.29, 1.82) is 0 Å². The summed E-state index contributed by atoms with van der Waals surface area (Å²) in [5.41, 5.74) is 0.954. The third kappa shape index (κ3) is 19.8. The van der Waals surface area contributed by atoms with Gasteiger partial charge in [-0.15, -0.1) is 0 Å². The minimum absolute atomic E-state index is 0.0117. The maximum atomic E-state index is 15.5. The van der Waals surface area contributed by atoms with Crippen LogP contribution in [-0.2, 0) is 94.8 Å². The zero-order valence-electron chi connectivity index (χ0n) is 64.0. The lowest BCUT2D eigenvalue weighted by Crippen LogP contribution is -2.70. The molecule has 6 heterocycles. The third-order valence-electron chi connectivity index (χ3n) is 20.5. The number of unbranched alkanes of at least 4 members (excludes halogenated alkanes) is 2. The first-order valence-corrected chi connectivity index (χ1v) is 39.0. The van der Waals surface area contributed by atoms with Gasteiger partial charge >= 0.3 is 47.8 Å². The van der Waals surface area contributed by atoms with E-state index >= 15 is 9.59 Å². The second-order valence-electron chi connectivity index (χ2n) is 28.5. The number of rotatable bonds is 28. The van der Waals surface area contributed by atoms with Gasteiger partial charge in [0.2, 0.25) is 0 Å². The minimum Gasteiger partial charge on any atom is -0.479 e. The molecule has 0 aliphatic carbocycles. The quantitative estimate of drug-likeness (QED) is 0.0270. The minimum atomic E-state index is -2.36. The average Bonchev–Trinajstić information content (AvgIpc) is 0.744. The van der Waals surface area contributed by atoms with E-state index in [0.29, 0.717) is 17.5 Å². The summed E-state index contributed by atoms with van der Waals surface area (Å²) in [7, 11) is 0. The van der Waals surface area contributed by atoms with Crippen LogP contribution in [0.4, 0.5) is 0 Å². The molecule has 119 heavy (non-hydrogen) atoms. The largest absolute Gasteiger partial charge is 0.479 e. The van der Waals surface area contributed by atoms with Crippen LogP contribution in [0.3, 0.4) is 0 Å². The highest BCUT2D eigenvalue weighted by molar-refractivity contribution is 5.93. The summed E-state index contributed by atoms with van der Waals surface area (Å²) < 4.78 is 128. The highest BCUT2D eigenvalue weighted by Gasteiger charge is 2.63. The average molecular weight is 1630 g/mol. The molecule has 6 aliphatic heterocycles. The predicted octanol–water partition coefficient (Wildman–Crippen LogP) is 11.8. The van der Waals surface area contributed by atoms with E-state index in [1.807, 2.05) is 6.92 Å². The normalized spacial score (nSPS) is 28.3. The summed E-state index contributed by atoms with van der Waals surface area (Å²) in [4.78, 5) is 119. The van der Waals surface area contributed by atoms with Gasteiger partial charge in [0, 0.05) is 17.7 Å². The number of benzene rings is 9. The SMILES string of the molecule is CCCCCO[C@@H]1OC[C@@H](O[C@@H]2O[C@@H]3CO[C@H](c4ccccc4)O[C@@H]3[C@H](O[C@@H]3O[C@@H]4CO[C@H](c5ccccc5)O[C@@H]4[C@H](O[C@@H]4O[C@H](C(=O)O)[C@@H](OC(=O)c5ccccc5)[C@H](OC(=O)c5ccccc5)[C@H]4OC(=O)c4ccccc4)[C@H]3OC(=O)c3ccccc3)[C@H]2OC(=O)c2ccccc2)[C@H](OC(=O)c2ccccc2)[C@H]1OC(=O)c1ccccc1. The molecule has 0 bridgehead atoms. The smallest absolute Gasteiger partial charge is 0.338 e. The lowest BCUT2D eigenvalue weighted by Gasteiger charge is -2.53. The first-order chi connectivity index (χ1) is 58.2. The van der Waals surface area contributed by atoms with Crippen molar-refractivity contribution in [3.8, 4) is 0 Å². The zero-order valence-corrected chi connectivity index (χ0v) is 64.0. The van der Waals surface area contributed by atoms with Crippen molar-refractivity contribution < 1.29 is 133 Å². The molecule has 21 atom stereocenters. The summed E-state index contributed by atoms with van der Waals surface area (Å²) >= 11 is 0. The Morgan fingerprint density at radius 1 is 0.303 bits per heavy atom. The molecule has 0 unspecified atom stereocenters. The number of hydrogen-bond acceptors (Lipinski definition) is 27. The molecule has 9 aromatic rings. The van der Waals surface area contributed by atoms with Gasteiger partial charge < -0.3 is 95.1 Å². The highest BCUT2D eigenvalue weighted by atomic mass is 16.8. The van der Waals surface area contributed by atoms with Crippen LogP contribution in [0.1, 0.15) is 122 Å². The van der Waals surface area contributed by atoms with Gasteiger partial charge in [0.15, 0.2) is 86.6 Å². The van der Waals surface area contributed by atoms with Gasteiger partial charge in [0.1, 0.15) is 42.7 Å². The Hall–Kier alpha value is -11.7. The number of aliphatic carboxylic acids is 1. The van der Waals surface area contributed by atoms with E-state index in [2.05, 4.69) is 0 Å². The topological polar surface area (TPSA) is 332 Å². The number of carboxylic acids is 1. The molecule has 28 heteroatoms. The molecule has 9 aromatic carbocycles. The number of carbonyl (C=O) groups is 8. The molecule has 0 amide bonds.